The van der Waals surface area contributed by atoms with Crippen LogP contribution in [0.2, 0.25) is 0 Å². The third kappa shape index (κ3) is 1.91. The summed E-state index contributed by atoms with van der Waals surface area (Å²) in [6, 6.07) is 9.44. The van der Waals surface area contributed by atoms with Crippen molar-refractivity contribution in [2.75, 3.05) is 13.7 Å². The topological polar surface area (TPSA) is 40.6 Å². The normalized spacial score (nSPS) is 17.1. The van der Waals surface area contributed by atoms with Gasteiger partial charge in [0.25, 0.3) is 0 Å². The van der Waals surface area contributed by atoms with Gasteiger partial charge in [-0.3, -0.25) is 4.98 Å². The Balaban J connectivity index is 1.93. The fourth-order valence-electron chi connectivity index (χ4n) is 2.00. The summed E-state index contributed by atoms with van der Waals surface area (Å²) in [5.41, 5.74) is 1.03. The molecular weight excluding hydrogens is 230 g/mol. The zero-order chi connectivity index (χ0) is 12.4. The molecule has 2 heterocycles. The van der Waals surface area contributed by atoms with Crippen molar-refractivity contribution in [1.29, 1.82) is 0 Å². The van der Waals surface area contributed by atoms with E-state index in [1.54, 1.807) is 19.5 Å². The standard InChI is InChI=1S/C14H13NO3/c1-16-13-9-17-14-11(13)3-2-4-12(14)18-10-5-7-15-8-6-10/h2-8,13H,9H2,1H3/t13-/m1/s1. The first kappa shape index (κ1) is 11.0. The van der Waals surface area contributed by atoms with E-state index in [0.717, 1.165) is 17.1 Å². The summed E-state index contributed by atoms with van der Waals surface area (Å²) in [6.45, 7) is 0.530. The van der Waals surface area contributed by atoms with Gasteiger partial charge < -0.3 is 14.2 Å². The fourth-order valence-corrected chi connectivity index (χ4v) is 2.00. The lowest BCUT2D eigenvalue weighted by molar-refractivity contribution is 0.0815. The highest BCUT2D eigenvalue weighted by molar-refractivity contribution is 5.51. The van der Waals surface area contributed by atoms with Gasteiger partial charge in [0.1, 0.15) is 18.5 Å². The third-order valence-corrected chi connectivity index (χ3v) is 2.90. The van der Waals surface area contributed by atoms with Crippen LogP contribution in [0.15, 0.2) is 42.7 Å². The predicted octanol–water partition coefficient (Wildman–Crippen LogP) is 2.95. The molecule has 1 atom stereocenters. The lowest BCUT2D eigenvalue weighted by Gasteiger charge is -2.09. The minimum atomic E-state index is -0.0130. The van der Waals surface area contributed by atoms with Crippen LogP contribution in [0, 0.1) is 0 Å². The smallest absolute Gasteiger partial charge is 0.169 e. The number of rotatable bonds is 3. The summed E-state index contributed by atoms with van der Waals surface area (Å²) in [6.07, 6.45) is 3.37. The second kappa shape index (κ2) is 4.66. The number of pyridine rings is 1. The Labute approximate surface area is 105 Å². The van der Waals surface area contributed by atoms with Crippen molar-refractivity contribution in [3.63, 3.8) is 0 Å². The van der Waals surface area contributed by atoms with Crippen LogP contribution in [-0.4, -0.2) is 18.7 Å². The molecule has 4 heteroatoms. The van der Waals surface area contributed by atoms with Crippen molar-refractivity contribution in [2.24, 2.45) is 0 Å². The Morgan fingerprint density at radius 3 is 2.83 bits per heavy atom. The molecule has 1 aromatic carbocycles. The van der Waals surface area contributed by atoms with Crippen LogP contribution in [0.5, 0.6) is 17.2 Å². The van der Waals surface area contributed by atoms with E-state index >= 15 is 0 Å². The van der Waals surface area contributed by atoms with E-state index in [1.807, 2.05) is 30.3 Å². The van der Waals surface area contributed by atoms with Crippen LogP contribution in [-0.2, 0) is 4.74 Å². The predicted molar refractivity (Wildman–Crippen MR) is 66.0 cm³/mol. The number of hydrogen-bond donors (Lipinski definition) is 0. The molecule has 3 rings (SSSR count). The quantitative estimate of drug-likeness (QED) is 0.831. The summed E-state index contributed by atoms with van der Waals surface area (Å²) < 4.78 is 16.8. The number of fused-ring (bicyclic) bond motifs is 1. The number of ether oxygens (including phenoxy) is 3. The summed E-state index contributed by atoms with van der Waals surface area (Å²) in [5, 5.41) is 0. The molecule has 0 amide bonds. The van der Waals surface area contributed by atoms with Gasteiger partial charge in [-0.1, -0.05) is 12.1 Å². The molecule has 92 valence electrons. The average Bonchev–Trinajstić information content (AvgIpc) is 2.84. The van der Waals surface area contributed by atoms with E-state index in [-0.39, 0.29) is 6.10 Å². The van der Waals surface area contributed by atoms with Crippen LogP contribution in [0.25, 0.3) is 0 Å². The molecule has 1 aliphatic rings. The van der Waals surface area contributed by atoms with Gasteiger partial charge in [-0.05, 0) is 18.2 Å². The lowest BCUT2D eigenvalue weighted by Crippen LogP contribution is -2.01. The fraction of sp³-hybridized carbons (Fsp3) is 0.214. The maximum absolute atomic E-state index is 5.79. The monoisotopic (exact) mass is 243 g/mol. The maximum atomic E-state index is 5.79. The minimum absolute atomic E-state index is 0.0130. The molecule has 1 aromatic heterocycles. The molecular formula is C14H13NO3. The Hall–Kier alpha value is -2.07. The number of aromatic nitrogens is 1. The van der Waals surface area contributed by atoms with Crippen molar-refractivity contribution in [1.82, 2.24) is 4.98 Å². The van der Waals surface area contributed by atoms with Crippen molar-refractivity contribution in [3.8, 4) is 17.2 Å². The van der Waals surface area contributed by atoms with Crippen molar-refractivity contribution >= 4 is 0 Å². The molecule has 0 fully saturated rings. The van der Waals surface area contributed by atoms with Gasteiger partial charge >= 0.3 is 0 Å². The number of methoxy groups -OCH3 is 1. The van der Waals surface area contributed by atoms with Gasteiger partial charge in [-0.2, -0.15) is 0 Å². The molecule has 0 saturated heterocycles. The van der Waals surface area contributed by atoms with E-state index in [0.29, 0.717) is 12.4 Å². The third-order valence-electron chi connectivity index (χ3n) is 2.90. The van der Waals surface area contributed by atoms with Crippen molar-refractivity contribution in [2.45, 2.75) is 6.10 Å². The van der Waals surface area contributed by atoms with E-state index < -0.39 is 0 Å². The zero-order valence-electron chi connectivity index (χ0n) is 10.00. The Kier molecular flexibility index (Phi) is 2.86. The van der Waals surface area contributed by atoms with Crippen LogP contribution in [0.1, 0.15) is 11.7 Å². The second-order valence-corrected chi connectivity index (χ2v) is 3.99. The maximum Gasteiger partial charge on any atom is 0.169 e. The number of nitrogens with zero attached hydrogens (tertiary/aromatic N) is 1. The molecule has 4 nitrogen and oxygen atoms in total. The van der Waals surface area contributed by atoms with Crippen LogP contribution in [0.4, 0.5) is 0 Å². The highest BCUT2D eigenvalue weighted by Crippen LogP contribution is 2.42. The van der Waals surface area contributed by atoms with Gasteiger partial charge in [0.05, 0.1) is 0 Å². The molecule has 0 spiro atoms. The summed E-state index contributed by atoms with van der Waals surface area (Å²) in [4.78, 5) is 3.95. The molecule has 0 saturated carbocycles. The SMILES string of the molecule is CO[C@@H]1COc2c(Oc3ccncc3)cccc21. The Morgan fingerprint density at radius 2 is 2.06 bits per heavy atom. The van der Waals surface area contributed by atoms with Gasteiger partial charge in [-0.25, -0.2) is 0 Å². The first-order valence-electron chi connectivity index (χ1n) is 5.75. The van der Waals surface area contributed by atoms with Crippen LogP contribution in [0.3, 0.4) is 0 Å². The number of benzene rings is 1. The molecule has 0 N–H and O–H groups in total. The zero-order valence-corrected chi connectivity index (χ0v) is 10.00. The molecule has 2 aromatic rings. The minimum Gasteiger partial charge on any atom is -0.486 e. The van der Waals surface area contributed by atoms with E-state index in [1.165, 1.54) is 0 Å². The van der Waals surface area contributed by atoms with Crippen molar-refractivity contribution < 1.29 is 14.2 Å². The van der Waals surface area contributed by atoms with Crippen LogP contribution < -0.4 is 9.47 Å². The van der Waals surface area contributed by atoms with Gasteiger partial charge in [0, 0.05) is 25.1 Å². The van der Waals surface area contributed by atoms with Crippen molar-refractivity contribution in [3.05, 3.63) is 48.3 Å². The van der Waals surface area contributed by atoms with E-state index in [9.17, 15) is 0 Å². The van der Waals surface area contributed by atoms with E-state index in [2.05, 4.69) is 4.98 Å². The Bertz CT molecular complexity index is 542. The van der Waals surface area contributed by atoms with Gasteiger partial charge in [-0.15, -0.1) is 0 Å². The number of para-hydroxylation sites is 1. The molecule has 18 heavy (non-hydrogen) atoms. The molecule has 0 bridgehead atoms. The molecule has 1 aliphatic heterocycles. The van der Waals surface area contributed by atoms with E-state index in [4.69, 9.17) is 14.2 Å². The number of hydrogen-bond acceptors (Lipinski definition) is 4. The first-order valence-corrected chi connectivity index (χ1v) is 5.75. The highest BCUT2D eigenvalue weighted by Gasteiger charge is 2.26. The second-order valence-electron chi connectivity index (χ2n) is 3.99. The van der Waals surface area contributed by atoms with Gasteiger partial charge in [0.15, 0.2) is 11.5 Å². The first-order chi connectivity index (χ1) is 8.88. The van der Waals surface area contributed by atoms with Gasteiger partial charge in [0.2, 0.25) is 0 Å². The Morgan fingerprint density at radius 1 is 1.22 bits per heavy atom. The highest BCUT2D eigenvalue weighted by atomic mass is 16.6. The average molecular weight is 243 g/mol. The van der Waals surface area contributed by atoms with Crippen LogP contribution >= 0.6 is 0 Å². The summed E-state index contributed by atoms with van der Waals surface area (Å²) >= 11 is 0. The summed E-state index contributed by atoms with van der Waals surface area (Å²) in [7, 11) is 1.68. The summed E-state index contributed by atoms with van der Waals surface area (Å²) in [5.74, 6) is 2.21. The molecule has 0 radical (unpaired) electrons. The molecule has 0 aliphatic carbocycles. The largest absolute Gasteiger partial charge is 0.486 e. The molecule has 0 unspecified atom stereocenters. The lowest BCUT2D eigenvalue weighted by atomic mass is 10.1.